The van der Waals surface area contributed by atoms with Crippen molar-refractivity contribution in [3.8, 4) is 0 Å². The molecule has 0 fully saturated rings. The number of ether oxygens (including phenoxy) is 2. The SMILES string of the molecule is C/C1=C/C[C@@H](/C(C)=C/c2csc(C)n2)OC(=O)C[C@H](O)C(C)(C)C(=O)[C@H](C)[C@@H](O)[C@@H](C)CCC1.CC1=C/C[C@@H](/C(C)=C/c2csc(C)n2)OC(=O)C[C@H](O)C(C)(C)C(=O)[C@H](C)[C@@H](O)[C@@H](C)C\C=C\1.O=C([O-])N=NC(=O)[O-].[K+].[K+]. The Morgan fingerprint density at radius 3 is 1.45 bits per heavy atom. The Bertz CT molecular complexity index is 2480. The molecule has 0 saturated carbocycles. The van der Waals surface area contributed by atoms with E-state index in [2.05, 4.69) is 33.2 Å². The number of hydrogen-bond acceptors (Lipinski definition) is 18. The summed E-state index contributed by atoms with van der Waals surface area (Å²) in [6, 6.07) is 0. The molecular formula is C56H80K2N4O14S2. The summed E-state index contributed by atoms with van der Waals surface area (Å²) >= 11 is 3.12. The van der Waals surface area contributed by atoms with E-state index in [0.717, 1.165) is 57.4 Å². The van der Waals surface area contributed by atoms with Crippen molar-refractivity contribution in [3.63, 3.8) is 0 Å². The van der Waals surface area contributed by atoms with Crippen LogP contribution >= 0.6 is 22.7 Å². The molecule has 10 atom stereocenters. The fourth-order valence-corrected chi connectivity index (χ4v) is 9.71. The number of carbonyl (C=O) groups excluding carboxylic acids is 6. The van der Waals surface area contributed by atoms with Crippen LogP contribution in [0.5, 0.6) is 0 Å². The van der Waals surface area contributed by atoms with Crippen LogP contribution in [0, 0.1) is 48.3 Å². The molecule has 0 bridgehead atoms. The third-order valence-corrected chi connectivity index (χ3v) is 15.5. The quantitative estimate of drug-likeness (QED) is 0.148. The van der Waals surface area contributed by atoms with Crippen molar-refractivity contribution < 1.29 is 172 Å². The maximum atomic E-state index is 13.2. The smallest absolute Gasteiger partial charge is 0.527 e. The molecule has 0 aromatic carbocycles. The average Bonchev–Trinajstić information content (AvgIpc) is 3.96. The molecule has 2 amide bonds. The number of rotatable bonds is 4. The van der Waals surface area contributed by atoms with Gasteiger partial charge in [0, 0.05) is 35.4 Å². The van der Waals surface area contributed by atoms with Crippen LogP contribution in [0.4, 0.5) is 9.59 Å². The van der Waals surface area contributed by atoms with Crippen molar-refractivity contribution in [1.82, 2.24) is 9.97 Å². The fraction of sp³-hybridized carbons (Fsp3) is 0.607. The van der Waals surface area contributed by atoms with Crippen LogP contribution in [0.15, 0.2) is 67.6 Å². The minimum absolute atomic E-state index is 0. The minimum atomic E-state index is -1.91. The second kappa shape index (κ2) is 36.5. The predicted molar refractivity (Wildman–Crippen MR) is 288 cm³/mol. The summed E-state index contributed by atoms with van der Waals surface area (Å²) in [4.78, 5) is 79.4. The number of nitrogens with zero attached hydrogens (tertiary/aromatic N) is 4. The van der Waals surface area contributed by atoms with Crippen LogP contribution in [0.3, 0.4) is 0 Å². The molecule has 22 heteroatoms. The van der Waals surface area contributed by atoms with Crippen molar-refractivity contribution in [2.75, 3.05) is 0 Å². The van der Waals surface area contributed by atoms with Gasteiger partial charge in [0.1, 0.15) is 23.8 Å². The number of allylic oxidation sites excluding steroid dienone is 4. The van der Waals surface area contributed by atoms with Gasteiger partial charge in [0.25, 0.3) is 0 Å². The number of thiazole rings is 2. The van der Waals surface area contributed by atoms with E-state index in [1.807, 2.05) is 89.6 Å². The maximum Gasteiger partial charge on any atom is 1.00 e. The van der Waals surface area contributed by atoms with Crippen molar-refractivity contribution in [2.24, 2.45) is 44.7 Å². The van der Waals surface area contributed by atoms with E-state index in [9.17, 15) is 59.4 Å². The van der Waals surface area contributed by atoms with E-state index < -0.39 is 83.4 Å². The normalized spacial score (nSPS) is 29.2. The number of esters is 2. The molecule has 0 spiro atoms. The molecule has 4 heterocycles. The third-order valence-electron chi connectivity index (χ3n) is 13.9. The molecule has 0 saturated heterocycles. The van der Waals surface area contributed by atoms with Gasteiger partial charge in [-0.1, -0.05) is 90.8 Å². The number of carbonyl (C=O) groups is 6. The van der Waals surface area contributed by atoms with Crippen molar-refractivity contribution >= 4 is 70.5 Å². The molecular weight excluding hydrogens is 1090 g/mol. The summed E-state index contributed by atoms with van der Waals surface area (Å²) in [6.07, 6.45) is 6.60. The summed E-state index contributed by atoms with van der Waals surface area (Å²) < 4.78 is 11.6. The molecule has 2 aliphatic rings. The minimum Gasteiger partial charge on any atom is -0.527 e. The van der Waals surface area contributed by atoms with Gasteiger partial charge in [-0.15, -0.1) is 32.9 Å². The molecule has 0 unspecified atom stereocenters. The summed E-state index contributed by atoms with van der Waals surface area (Å²) in [7, 11) is 0. The van der Waals surface area contributed by atoms with Gasteiger partial charge in [-0.05, 0) is 102 Å². The van der Waals surface area contributed by atoms with E-state index in [-0.39, 0.29) is 139 Å². The van der Waals surface area contributed by atoms with Crippen molar-refractivity contribution in [3.05, 3.63) is 78.8 Å². The Labute approximate surface area is 553 Å². The number of aryl methyl sites for hydroxylation is 2. The topological polar surface area (TPSA) is 298 Å². The fourth-order valence-electron chi connectivity index (χ4n) is 8.57. The number of aliphatic hydroxyl groups is 4. The molecule has 0 aliphatic carbocycles. The van der Waals surface area contributed by atoms with Crippen LogP contribution in [0.25, 0.3) is 12.2 Å². The van der Waals surface area contributed by atoms with Gasteiger partial charge in [-0.2, -0.15) is 0 Å². The first-order valence-electron chi connectivity index (χ1n) is 25.5. The first-order chi connectivity index (χ1) is 35.3. The van der Waals surface area contributed by atoms with Gasteiger partial charge < -0.3 is 49.7 Å². The zero-order valence-corrected chi connectivity index (χ0v) is 56.4. The number of carboxylic acid groups (broad SMARTS) is 2. The van der Waals surface area contributed by atoms with E-state index in [1.165, 1.54) is 5.57 Å². The van der Waals surface area contributed by atoms with Gasteiger partial charge in [-0.25, -0.2) is 9.97 Å². The molecule has 78 heavy (non-hydrogen) atoms. The summed E-state index contributed by atoms with van der Waals surface area (Å²) in [5.41, 5.74) is 3.18. The van der Waals surface area contributed by atoms with Gasteiger partial charge >= 0.3 is 115 Å². The Morgan fingerprint density at radius 2 is 1.06 bits per heavy atom. The standard InChI is InChI=1S/C27H41NO5S.C27H39NO5S.C2H2N2O4.2K/c2*1-16-9-8-10-17(2)25(31)19(4)26(32)27(6,7)23(29)14-24(30)33-22(12-11-16)18(3)13-21-15-34-20(5)28-21;5-1(6)3-4-2(7)8;;/h11,13,15,17,19,22-23,25,29,31H,8-10,12,14H2,1-7H3;8-9,11,13,15,17,19,22-23,25,29,31H,10,12,14H2,1-7H3;(H,5,6)(H,7,8);;/q;;;2*+1/p-2/b16-11-,18-13+;9-8+,16-11-,18-13+;;;/t2*17-,19+,22-,23-,25-;;;/m00.../s1. The molecule has 422 valence electrons. The van der Waals surface area contributed by atoms with Crippen molar-refractivity contribution in [2.45, 2.75) is 185 Å². The van der Waals surface area contributed by atoms with E-state index in [0.29, 0.717) is 19.3 Å². The number of hydrogen-bond donors (Lipinski definition) is 4. The van der Waals surface area contributed by atoms with Gasteiger partial charge in [0.2, 0.25) is 0 Å². The van der Waals surface area contributed by atoms with Crippen LogP contribution < -0.4 is 113 Å². The molecule has 2 aromatic rings. The Morgan fingerprint density at radius 1 is 0.667 bits per heavy atom. The third kappa shape index (κ3) is 26.0. The number of Topliss-reactive ketones (excluding diaryl/α,β-unsaturated/α-hetero) is 2. The monoisotopic (exact) mass is 1170 g/mol. The first kappa shape index (κ1) is 75.9. The maximum absolute atomic E-state index is 13.2. The van der Waals surface area contributed by atoms with Crippen LogP contribution in [-0.4, -0.2) is 103 Å². The summed E-state index contributed by atoms with van der Waals surface area (Å²) in [6.45, 7) is 25.5. The van der Waals surface area contributed by atoms with Gasteiger partial charge in [-0.3, -0.25) is 19.2 Å². The average molecular weight is 1180 g/mol. The second-order valence-corrected chi connectivity index (χ2v) is 23.3. The molecule has 0 radical (unpaired) electrons. The zero-order valence-electron chi connectivity index (χ0n) is 48.5. The van der Waals surface area contributed by atoms with Gasteiger partial charge in [0.15, 0.2) is 12.2 Å². The van der Waals surface area contributed by atoms with Crippen LogP contribution in [-0.2, 0) is 28.7 Å². The molecule has 18 nitrogen and oxygen atoms in total. The van der Waals surface area contributed by atoms with Crippen LogP contribution in [0.1, 0.15) is 156 Å². The molecule has 2 aromatic heterocycles. The largest absolute Gasteiger partial charge is 1.00 e. The number of aliphatic hydroxyl groups excluding tert-OH is 4. The summed E-state index contributed by atoms with van der Waals surface area (Å²) in [5, 5.41) is 71.6. The van der Waals surface area contributed by atoms with E-state index >= 15 is 0 Å². The zero-order chi connectivity index (χ0) is 57.8. The van der Waals surface area contributed by atoms with Crippen molar-refractivity contribution in [1.29, 1.82) is 0 Å². The summed E-state index contributed by atoms with van der Waals surface area (Å²) in [5.74, 6) is -3.14. The Balaban J connectivity index is 0.00000130. The number of ketones is 2. The van der Waals surface area contributed by atoms with Gasteiger partial charge in [0.05, 0.1) is 69.5 Å². The van der Waals surface area contributed by atoms with E-state index in [4.69, 9.17) is 9.47 Å². The number of amides is 2. The second-order valence-electron chi connectivity index (χ2n) is 21.2. The number of cyclic esters (lactones) is 2. The molecule has 4 rings (SSSR count). The number of aromatic nitrogens is 2. The van der Waals surface area contributed by atoms with E-state index in [1.54, 1.807) is 64.2 Å². The Hall–Kier alpha value is -2.11. The number of azo groups is 1. The first-order valence-corrected chi connectivity index (χ1v) is 27.3. The molecule has 4 N–H and O–H groups in total. The predicted octanol–water partition coefficient (Wildman–Crippen LogP) is 2.44. The Kier molecular flexibility index (Phi) is 35.5. The van der Waals surface area contributed by atoms with Crippen LogP contribution in [0.2, 0.25) is 0 Å². The molecule has 2 aliphatic heterocycles.